The van der Waals surface area contributed by atoms with Crippen LogP contribution in [0.25, 0.3) is 16.5 Å². The number of hydrogen-bond donors (Lipinski definition) is 1. The van der Waals surface area contributed by atoms with Crippen LogP contribution in [0, 0.1) is 0 Å². The Labute approximate surface area is 207 Å². The Balaban J connectivity index is 1.90. The molecule has 0 fully saturated rings. The maximum Gasteiger partial charge on any atom is 0.359 e. The van der Waals surface area contributed by atoms with Crippen molar-refractivity contribution in [2.24, 2.45) is 0 Å². The Morgan fingerprint density at radius 1 is 1.18 bits per heavy atom. The number of ether oxygens (including phenoxy) is 2. The molecular weight excluding hydrogens is 501 g/mol. The van der Waals surface area contributed by atoms with E-state index in [4.69, 9.17) is 32.7 Å². The second-order valence-corrected chi connectivity index (χ2v) is 8.64. The lowest BCUT2D eigenvalue weighted by Gasteiger charge is -2.11. The van der Waals surface area contributed by atoms with E-state index in [1.165, 1.54) is 19.2 Å². The molecule has 0 aliphatic rings. The topological polar surface area (TPSA) is 99.5 Å². The van der Waals surface area contributed by atoms with Crippen molar-refractivity contribution < 1.29 is 19.1 Å². The van der Waals surface area contributed by atoms with Gasteiger partial charge in [0.25, 0.3) is 11.5 Å². The predicted octanol–water partition coefficient (Wildman–Crippen LogP) is 5.19. The number of thiophene rings is 1. The summed E-state index contributed by atoms with van der Waals surface area (Å²) < 4.78 is 11.5. The summed E-state index contributed by atoms with van der Waals surface area (Å²) in [6.45, 7) is 1.79. The van der Waals surface area contributed by atoms with Crippen LogP contribution in [0.3, 0.4) is 0 Å². The molecule has 0 saturated heterocycles. The first-order valence-corrected chi connectivity index (χ1v) is 11.6. The normalized spacial score (nSPS) is 10.8. The number of anilines is 1. The molecule has 34 heavy (non-hydrogen) atoms. The number of amides is 1. The van der Waals surface area contributed by atoms with E-state index in [0.29, 0.717) is 16.5 Å². The average molecular weight is 518 g/mol. The molecule has 0 bridgehead atoms. The largest absolute Gasteiger partial charge is 0.497 e. The van der Waals surface area contributed by atoms with Gasteiger partial charge in [0.15, 0.2) is 5.69 Å². The van der Waals surface area contributed by atoms with E-state index >= 15 is 0 Å². The molecule has 174 valence electrons. The van der Waals surface area contributed by atoms with Gasteiger partial charge in [0.05, 0.1) is 35.4 Å². The molecule has 0 aliphatic heterocycles. The van der Waals surface area contributed by atoms with E-state index in [9.17, 15) is 14.4 Å². The van der Waals surface area contributed by atoms with Crippen LogP contribution in [-0.2, 0) is 4.74 Å². The van der Waals surface area contributed by atoms with Crippen LogP contribution in [-0.4, -0.2) is 35.4 Å². The van der Waals surface area contributed by atoms with Crippen LogP contribution in [0.2, 0.25) is 10.0 Å². The minimum Gasteiger partial charge on any atom is -0.497 e. The summed E-state index contributed by atoms with van der Waals surface area (Å²) in [4.78, 5) is 39.1. The van der Waals surface area contributed by atoms with Crippen LogP contribution in [0.4, 0.5) is 5.00 Å². The minimum absolute atomic E-state index is 0.0585. The predicted molar refractivity (Wildman–Crippen MR) is 132 cm³/mol. The highest BCUT2D eigenvalue weighted by atomic mass is 35.5. The molecular formula is C23H17Cl2N3O5S. The number of benzene rings is 2. The molecule has 2 aromatic heterocycles. The van der Waals surface area contributed by atoms with Crippen molar-refractivity contribution in [3.05, 3.63) is 79.5 Å². The van der Waals surface area contributed by atoms with Crippen LogP contribution in [0.15, 0.2) is 52.6 Å². The number of halogens is 2. The number of fused-ring (bicyclic) bond motifs is 1. The third kappa shape index (κ3) is 4.50. The lowest BCUT2D eigenvalue weighted by Crippen LogP contribution is -2.25. The number of hydrogen-bond acceptors (Lipinski definition) is 7. The van der Waals surface area contributed by atoms with E-state index < -0.39 is 17.4 Å². The first-order chi connectivity index (χ1) is 16.3. The molecule has 2 aromatic carbocycles. The Hall–Kier alpha value is -3.40. The first kappa shape index (κ1) is 23.7. The monoisotopic (exact) mass is 517 g/mol. The zero-order valence-corrected chi connectivity index (χ0v) is 20.3. The van der Waals surface area contributed by atoms with Gasteiger partial charge in [0.2, 0.25) is 0 Å². The smallest absolute Gasteiger partial charge is 0.359 e. The zero-order valence-electron chi connectivity index (χ0n) is 17.9. The number of esters is 1. The first-order valence-electron chi connectivity index (χ1n) is 9.96. The molecule has 0 unspecified atom stereocenters. The van der Waals surface area contributed by atoms with Gasteiger partial charge in [-0.25, -0.2) is 4.79 Å². The van der Waals surface area contributed by atoms with Gasteiger partial charge >= 0.3 is 5.97 Å². The molecule has 1 amide bonds. The third-order valence-corrected chi connectivity index (χ3v) is 6.28. The maximum absolute atomic E-state index is 13.5. The number of carbonyl (C=O) groups is 2. The molecule has 4 rings (SSSR count). The summed E-state index contributed by atoms with van der Waals surface area (Å²) >= 11 is 13.2. The Morgan fingerprint density at radius 2 is 1.97 bits per heavy atom. The van der Waals surface area contributed by atoms with Crippen LogP contribution in [0.1, 0.15) is 27.8 Å². The van der Waals surface area contributed by atoms with Gasteiger partial charge < -0.3 is 14.8 Å². The van der Waals surface area contributed by atoms with E-state index in [1.54, 1.807) is 42.6 Å². The zero-order chi connectivity index (χ0) is 24.4. The standard InChI is InChI=1S/C23H17Cl2N3O5S/c1-3-33-23(31)19-16-11-34-21(26-20(29)15-9-12(24)7-8-17(15)25)18(16)22(30)28(27-19)13-5-4-6-14(10-13)32-2/h4-11H,3H2,1-2H3,(H,26,29). The number of aromatic nitrogens is 2. The van der Waals surface area contributed by atoms with Gasteiger partial charge in [-0.05, 0) is 37.3 Å². The van der Waals surface area contributed by atoms with Crippen molar-refractivity contribution >= 4 is 62.2 Å². The fourth-order valence-corrected chi connectivity index (χ4v) is 4.56. The van der Waals surface area contributed by atoms with Crippen molar-refractivity contribution in [1.82, 2.24) is 9.78 Å². The average Bonchev–Trinajstić information content (AvgIpc) is 3.25. The maximum atomic E-state index is 13.5. The molecule has 0 aliphatic carbocycles. The molecule has 0 saturated carbocycles. The van der Waals surface area contributed by atoms with Crippen molar-refractivity contribution in [3.8, 4) is 11.4 Å². The SMILES string of the molecule is CCOC(=O)c1nn(-c2cccc(OC)c2)c(=O)c2c(NC(=O)c3cc(Cl)ccc3Cl)scc12. The van der Waals surface area contributed by atoms with Crippen LogP contribution >= 0.6 is 34.5 Å². The van der Waals surface area contributed by atoms with Gasteiger partial charge in [0.1, 0.15) is 10.8 Å². The number of nitrogens with one attached hydrogen (secondary N) is 1. The van der Waals surface area contributed by atoms with E-state index in [0.717, 1.165) is 16.0 Å². The highest BCUT2D eigenvalue weighted by molar-refractivity contribution is 7.16. The highest BCUT2D eigenvalue weighted by Crippen LogP contribution is 2.32. The fourth-order valence-electron chi connectivity index (χ4n) is 3.25. The van der Waals surface area contributed by atoms with Gasteiger partial charge in [-0.15, -0.1) is 11.3 Å². The lowest BCUT2D eigenvalue weighted by molar-refractivity contribution is 0.0520. The van der Waals surface area contributed by atoms with Gasteiger partial charge in [-0.3, -0.25) is 9.59 Å². The van der Waals surface area contributed by atoms with Crippen molar-refractivity contribution in [2.75, 3.05) is 19.0 Å². The summed E-state index contributed by atoms with van der Waals surface area (Å²) in [6.07, 6.45) is 0. The number of methoxy groups -OCH3 is 1. The molecule has 11 heteroatoms. The fraction of sp³-hybridized carbons (Fsp3) is 0.130. The van der Waals surface area contributed by atoms with Gasteiger partial charge in [0, 0.05) is 21.9 Å². The summed E-state index contributed by atoms with van der Waals surface area (Å²) in [5.41, 5.74) is -0.0801. The summed E-state index contributed by atoms with van der Waals surface area (Å²) in [6, 6.07) is 11.1. The van der Waals surface area contributed by atoms with Crippen LogP contribution < -0.4 is 15.6 Å². The molecule has 0 spiro atoms. The Bertz CT molecular complexity index is 1480. The molecule has 0 atom stereocenters. The molecule has 1 N–H and O–H groups in total. The summed E-state index contributed by atoms with van der Waals surface area (Å²) in [5.74, 6) is -0.755. The molecule has 4 aromatic rings. The van der Waals surface area contributed by atoms with Gasteiger partial charge in [-0.1, -0.05) is 29.3 Å². The van der Waals surface area contributed by atoms with Crippen molar-refractivity contribution in [1.29, 1.82) is 0 Å². The lowest BCUT2D eigenvalue weighted by atomic mass is 10.2. The second kappa shape index (κ2) is 9.84. The summed E-state index contributed by atoms with van der Waals surface area (Å²) in [7, 11) is 1.50. The quantitative estimate of drug-likeness (QED) is 0.353. The van der Waals surface area contributed by atoms with E-state index in [-0.39, 0.29) is 38.7 Å². The molecule has 0 radical (unpaired) electrons. The second-order valence-electron chi connectivity index (χ2n) is 6.92. The minimum atomic E-state index is -0.697. The van der Waals surface area contributed by atoms with Crippen molar-refractivity contribution in [2.45, 2.75) is 6.92 Å². The van der Waals surface area contributed by atoms with Crippen molar-refractivity contribution in [3.63, 3.8) is 0 Å². The Kier molecular flexibility index (Phi) is 6.87. The van der Waals surface area contributed by atoms with E-state index in [2.05, 4.69) is 10.4 Å². The Morgan fingerprint density at radius 3 is 2.71 bits per heavy atom. The summed E-state index contributed by atoms with van der Waals surface area (Å²) in [5, 5.41) is 9.68. The third-order valence-electron chi connectivity index (χ3n) is 4.82. The number of carbonyl (C=O) groups excluding carboxylic acids is 2. The molecule has 2 heterocycles. The van der Waals surface area contributed by atoms with Crippen LogP contribution in [0.5, 0.6) is 5.75 Å². The van der Waals surface area contributed by atoms with Gasteiger partial charge in [-0.2, -0.15) is 9.78 Å². The highest BCUT2D eigenvalue weighted by Gasteiger charge is 2.24. The number of rotatable bonds is 6. The molecule has 8 nitrogen and oxygen atoms in total. The van der Waals surface area contributed by atoms with E-state index in [1.807, 2.05) is 0 Å². The number of nitrogens with zero attached hydrogens (tertiary/aromatic N) is 2.